The largest absolute Gasteiger partial charge is 0.391 e. The highest BCUT2D eigenvalue weighted by atomic mass is 16.5. The summed E-state index contributed by atoms with van der Waals surface area (Å²) >= 11 is 0. The van der Waals surface area contributed by atoms with E-state index in [1.165, 1.54) is 0 Å². The molecule has 0 aromatic rings. The maximum Gasteiger partial charge on any atom is 0.0693 e. The van der Waals surface area contributed by atoms with Crippen molar-refractivity contribution in [2.45, 2.75) is 51.9 Å². The van der Waals surface area contributed by atoms with E-state index in [4.69, 9.17) is 4.74 Å². The van der Waals surface area contributed by atoms with E-state index in [0.29, 0.717) is 0 Å². The monoisotopic (exact) mass is 201 g/mol. The highest BCUT2D eigenvalue weighted by Gasteiger charge is 2.36. The summed E-state index contributed by atoms with van der Waals surface area (Å²) < 4.78 is 5.50. The van der Waals surface area contributed by atoms with Crippen LogP contribution in [0.2, 0.25) is 0 Å². The van der Waals surface area contributed by atoms with Gasteiger partial charge in [-0.05, 0) is 27.2 Å². The molecule has 0 radical (unpaired) electrons. The quantitative estimate of drug-likeness (QED) is 0.746. The van der Waals surface area contributed by atoms with Gasteiger partial charge in [-0.15, -0.1) is 0 Å². The number of ether oxygens (including phenoxy) is 1. The van der Waals surface area contributed by atoms with Gasteiger partial charge in [0.05, 0.1) is 18.8 Å². The average Bonchev–Trinajstić information content (AvgIpc) is 2.16. The molecule has 1 fully saturated rings. The lowest BCUT2D eigenvalue weighted by Crippen LogP contribution is -2.58. The predicted molar refractivity (Wildman–Crippen MR) is 57.4 cm³/mol. The van der Waals surface area contributed by atoms with Crippen LogP contribution in [0.4, 0.5) is 0 Å². The molecule has 0 aromatic carbocycles. The van der Waals surface area contributed by atoms with Crippen molar-refractivity contribution >= 4 is 0 Å². The molecule has 0 amide bonds. The average molecular weight is 201 g/mol. The van der Waals surface area contributed by atoms with E-state index in [1.54, 1.807) is 0 Å². The Kier molecular flexibility index (Phi) is 3.93. The molecular formula is C11H23NO2. The summed E-state index contributed by atoms with van der Waals surface area (Å²) in [6.45, 7) is 10.9. The van der Waals surface area contributed by atoms with Gasteiger partial charge in [-0.2, -0.15) is 0 Å². The number of morpholine rings is 1. The number of aliphatic hydroxyl groups is 1. The minimum absolute atomic E-state index is 0.0992. The summed E-state index contributed by atoms with van der Waals surface area (Å²) in [4.78, 5) is 2.35. The fraction of sp³-hybridized carbons (Fsp3) is 1.00. The number of hydrogen-bond acceptors (Lipinski definition) is 3. The Hall–Kier alpha value is -0.120. The van der Waals surface area contributed by atoms with Crippen molar-refractivity contribution in [3.05, 3.63) is 0 Å². The van der Waals surface area contributed by atoms with Crippen LogP contribution in [0.15, 0.2) is 0 Å². The Labute approximate surface area is 87.1 Å². The third-order valence-corrected chi connectivity index (χ3v) is 3.58. The van der Waals surface area contributed by atoms with Crippen LogP contribution < -0.4 is 0 Å². The van der Waals surface area contributed by atoms with Crippen LogP contribution in [0.5, 0.6) is 0 Å². The number of hydrogen-bond donors (Lipinski definition) is 1. The van der Waals surface area contributed by atoms with E-state index in [0.717, 1.165) is 26.1 Å². The van der Waals surface area contributed by atoms with Crippen molar-refractivity contribution in [2.75, 3.05) is 19.7 Å². The van der Waals surface area contributed by atoms with Gasteiger partial charge in [-0.25, -0.2) is 0 Å². The lowest BCUT2D eigenvalue weighted by molar-refractivity contribution is -0.0924. The normalized spacial score (nSPS) is 31.1. The lowest BCUT2D eigenvalue weighted by atomic mass is 9.89. The van der Waals surface area contributed by atoms with E-state index >= 15 is 0 Å². The summed E-state index contributed by atoms with van der Waals surface area (Å²) in [7, 11) is 0. The van der Waals surface area contributed by atoms with Gasteiger partial charge in [0.15, 0.2) is 0 Å². The van der Waals surface area contributed by atoms with E-state index < -0.39 is 0 Å². The topological polar surface area (TPSA) is 32.7 Å². The molecule has 3 unspecified atom stereocenters. The Morgan fingerprint density at radius 3 is 2.71 bits per heavy atom. The molecule has 1 heterocycles. The van der Waals surface area contributed by atoms with Gasteiger partial charge in [0.25, 0.3) is 0 Å². The van der Waals surface area contributed by atoms with Gasteiger partial charge >= 0.3 is 0 Å². The van der Waals surface area contributed by atoms with Gasteiger partial charge in [-0.1, -0.05) is 6.92 Å². The van der Waals surface area contributed by atoms with Crippen LogP contribution in [0, 0.1) is 0 Å². The molecule has 0 aliphatic carbocycles. The fourth-order valence-corrected chi connectivity index (χ4v) is 2.07. The molecule has 3 atom stereocenters. The molecular weight excluding hydrogens is 178 g/mol. The fourth-order valence-electron chi connectivity index (χ4n) is 2.07. The minimum Gasteiger partial charge on any atom is -0.391 e. The molecule has 1 aliphatic rings. The summed E-state index contributed by atoms with van der Waals surface area (Å²) in [5.41, 5.74) is -0.0992. The van der Waals surface area contributed by atoms with Crippen molar-refractivity contribution in [3.63, 3.8) is 0 Å². The molecule has 1 aliphatic heterocycles. The van der Waals surface area contributed by atoms with Crippen LogP contribution in [0.1, 0.15) is 34.1 Å². The van der Waals surface area contributed by atoms with Crippen LogP contribution in [0.25, 0.3) is 0 Å². The zero-order valence-corrected chi connectivity index (χ0v) is 9.79. The molecule has 1 saturated heterocycles. The van der Waals surface area contributed by atoms with Gasteiger partial charge in [-0.3, -0.25) is 4.90 Å². The van der Waals surface area contributed by atoms with Crippen molar-refractivity contribution in [2.24, 2.45) is 0 Å². The van der Waals surface area contributed by atoms with Crippen LogP contribution in [0.3, 0.4) is 0 Å². The first kappa shape index (κ1) is 12.0. The molecule has 0 bridgehead atoms. The molecule has 0 saturated carbocycles. The highest BCUT2D eigenvalue weighted by molar-refractivity contribution is 4.91. The van der Waals surface area contributed by atoms with Crippen molar-refractivity contribution in [1.82, 2.24) is 4.90 Å². The van der Waals surface area contributed by atoms with Gasteiger partial charge < -0.3 is 9.84 Å². The van der Waals surface area contributed by atoms with Gasteiger partial charge in [0.1, 0.15) is 0 Å². The first-order valence-electron chi connectivity index (χ1n) is 5.55. The number of nitrogens with zero attached hydrogens (tertiary/aromatic N) is 1. The van der Waals surface area contributed by atoms with Gasteiger partial charge in [0, 0.05) is 18.6 Å². The zero-order chi connectivity index (χ0) is 10.8. The standard InChI is InChI=1S/C11H23NO2/c1-5-11(4,10(3)13)12-6-7-14-9(2)8-12/h9-10,13H,5-8H2,1-4H3. The maximum absolute atomic E-state index is 9.83. The Morgan fingerprint density at radius 2 is 2.29 bits per heavy atom. The molecule has 1 N–H and O–H groups in total. The first-order chi connectivity index (χ1) is 6.50. The highest BCUT2D eigenvalue weighted by Crippen LogP contribution is 2.25. The number of rotatable bonds is 3. The summed E-state index contributed by atoms with van der Waals surface area (Å²) in [5, 5.41) is 9.83. The summed E-state index contributed by atoms with van der Waals surface area (Å²) in [5.74, 6) is 0. The van der Waals surface area contributed by atoms with Crippen LogP contribution >= 0.6 is 0 Å². The maximum atomic E-state index is 9.83. The van der Waals surface area contributed by atoms with Crippen LogP contribution in [-0.4, -0.2) is 47.4 Å². The van der Waals surface area contributed by atoms with E-state index in [1.807, 2.05) is 6.92 Å². The van der Waals surface area contributed by atoms with Crippen molar-refractivity contribution in [3.8, 4) is 0 Å². The predicted octanol–water partition coefficient (Wildman–Crippen LogP) is 1.26. The smallest absolute Gasteiger partial charge is 0.0693 e. The second-order valence-electron chi connectivity index (χ2n) is 4.51. The number of aliphatic hydroxyl groups excluding tert-OH is 1. The molecule has 84 valence electrons. The Balaban J connectivity index is 2.68. The molecule has 0 spiro atoms. The molecule has 14 heavy (non-hydrogen) atoms. The molecule has 1 rings (SSSR count). The minimum atomic E-state index is -0.294. The second-order valence-corrected chi connectivity index (χ2v) is 4.51. The van der Waals surface area contributed by atoms with Crippen LogP contribution in [-0.2, 0) is 4.74 Å². The third-order valence-electron chi connectivity index (χ3n) is 3.58. The molecule has 3 nitrogen and oxygen atoms in total. The Bertz CT molecular complexity index is 184. The van der Waals surface area contributed by atoms with Gasteiger partial charge in [0.2, 0.25) is 0 Å². The molecule has 0 aromatic heterocycles. The third kappa shape index (κ3) is 2.27. The zero-order valence-electron chi connectivity index (χ0n) is 9.79. The second kappa shape index (κ2) is 4.60. The van der Waals surface area contributed by atoms with Crippen molar-refractivity contribution in [1.29, 1.82) is 0 Å². The van der Waals surface area contributed by atoms with Crippen molar-refractivity contribution < 1.29 is 9.84 Å². The van der Waals surface area contributed by atoms with E-state index in [-0.39, 0.29) is 17.7 Å². The summed E-state index contributed by atoms with van der Waals surface area (Å²) in [6.07, 6.45) is 0.961. The van der Waals surface area contributed by atoms with E-state index in [2.05, 4.69) is 25.7 Å². The summed E-state index contributed by atoms with van der Waals surface area (Å²) in [6, 6.07) is 0. The Morgan fingerprint density at radius 1 is 1.64 bits per heavy atom. The van der Waals surface area contributed by atoms with E-state index in [9.17, 15) is 5.11 Å². The lowest BCUT2D eigenvalue weighted by Gasteiger charge is -2.46. The SMILES string of the molecule is CCC(C)(C(C)O)N1CCOC(C)C1. The molecule has 3 heteroatoms. The first-order valence-corrected chi connectivity index (χ1v) is 5.55.